The molecule has 4 heteroatoms. The summed E-state index contributed by atoms with van der Waals surface area (Å²) in [5, 5.41) is 3.73. The largest absolute Gasteiger partial charge is 0.341 e. The van der Waals surface area contributed by atoms with Crippen LogP contribution in [0.1, 0.15) is 45.1 Å². The molecule has 1 heterocycles. The molecule has 1 amide bonds. The van der Waals surface area contributed by atoms with E-state index in [0.717, 1.165) is 10.9 Å². The Morgan fingerprint density at radius 2 is 1.68 bits per heavy atom. The van der Waals surface area contributed by atoms with Crippen LogP contribution in [0.5, 0.6) is 0 Å². The molecular formula is C18H24N2O2. The fourth-order valence-corrected chi connectivity index (χ4v) is 2.15. The topological polar surface area (TPSA) is 59.1 Å². The predicted octanol–water partition coefficient (Wildman–Crippen LogP) is 3.60. The Labute approximate surface area is 131 Å². The summed E-state index contributed by atoms with van der Waals surface area (Å²) in [5.74, 6) is -0.310. The van der Waals surface area contributed by atoms with E-state index < -0.39 is 6.04 Å². The van der Waals surface area contributed by atoms with Crippen LogP contribution in [0.25, 0.3) is 10.9 Å². The van der Waals surface area contributed by atoms with Crippen molar-refractivity contribution in [2.24, 2.45) is 5.92 Å². The Morgan fingerprint density at radius 1 is 1.05 bits per heavy atom. The summed E-state index contributed by atoms with van der Waals surface area (Å²) in [7, 11) is 0. The second kappa shape index (κ2) is 8.27. The third kappa shape index (κ3) is 4.38. The van der Waals surface area contributed by atoms with Gasteiger partial charge in [0.25, 0.3) is 5.91 Å². The zero-order valence-electron chi connectivity index (χ0n) is 13.9. The van der Waals surface area contributed by atoms with Gasteiger partial charge >= 0.3 is 0 Å². The molecule has 1 unspecified atom stereocenters. The minimum atomic E-state index is -0.476. The lowest BCUT2D eigenvalue weighted by Crippen LogP contribution is -2.43. The van der Waals surface area contributed by atoms with E-state index in [0.29, 0.717) is 5.69 Å². The van der Waals surface area contributed by atoms with Crippen molar-refractivity contribution in [2.75, 3.05) is 0 Å². The first-order valence-corrected chi connectivity index (χ1v) is 7.66. The number of aromatic nitrogens is 1. The smallest absolute Gasteiger partial charge is 0.270 e. The van der Waals surface area contributed by atoms with Crippen molar-refractivity contribution in [3.05, 3.63) is 42.1 Å². The molecule has 0 saturated carbocycles. The number of rotatable bonds is 4. The summed E-state index contributed by atoms with van der Waals surface area (Å²) in [6.45, 7) is 9.29. The van der Waals surface area contributed by atoms with Crippen LogP contribution >= 0.6 is 0 Å². The van der Waals surface area contributed by atoms with E-state index in [9.17, 15) is 9.59 Å². The van der Waals surface area contributed by atoms with Crippen LogP contribution in [0.4, 0.5) is 0 Å². The molecule has 0 aliphatic carbocycles. The van der Waals surface area contributed by atoms with Crippen molar-refractivity contribution in [3.8, 4) is 0 Å². The maximum Gasteiger partial charge on any atom is 0.270 e. The highest BCUT2D eigenvalue weighted by Gasteiger charge is 2.21. The Bertz CT molecular complexity index is 650. The normalized spacial score (nSPS) is 11.5. The number of hydrogen-bond acceptors (Lipinski definition) is 3. The van der Waals surface area contributed by atoms with E-state index >= 15 is 0 Å². The van der Waals surface area contributed by atoms with Crippen LogP contribution in [0.15, 0.2) is 36.4 Å². The van der Waals surface area contributed by atoms with Crippen LogP contribution in [0, 0.1) is 5.92 Å². The zero-order chi connectivity index (χ0) is 16.7. The lowest BCUT2D eigenvalue weighted by atomic mass is 10.0. The number of fused-ring (bicyclic) bond motifs is 1. The van der Waals surface area contributed by atoms with E-state index in [1.165, 1.54) is 6.92 Å². The minimum Gasteiger partial charge on any atom is -0.341 e. The van der Waals surface area contributed by atoms with Crippen LogP contribution in [-0.2, 0) is 4.79 Å². The fraction of sp³-hybridized carbons (Fsp3) is 0.389. The van der Waals surface area contributed by atoms with E-state index in [-0.39, 0.29) is 17.6 Å². The number of carbonyl (C=O) groups excluding carboxylic acids is 2. The molecule has 22 heavy (non-hydrogen) atoms. The number of pyridine rings is 1. The van der Waals surface area contributed by atoms with Gasteiger partial charge in [-0.05, 0) is 25.0 Å². The van der Waals surface area contributed by atoms with Crippen molar-refractivity contribution in [3.63, 3.8) is 0 Å². The van der Waals surface area contributed by atoms with Crippen molar-refractivity contribution >= 4 is 22.6 Å². The second-order valence-electron chi connectivity index (χ2n) is 5.19. The monoisotopic (exact) mass is 300 g/mol. The van der Waals surface area contributed by atoms with Gasteiger partial charge in [-0.1, -0.05) is 52.0 Å². The van der Waals surface area contributed by atoms with Crippen molar-refractivity contribution in [2.45, 2.75) is 40.7 Å². The van der Waals surface area contributed by atoms with E-state index in [4.69, 9.17) is 0 Å². The van der Waals surface area contributed by atoms with Crippen molar-refractivity contribution in [1.82, 2.24) is 10.3 Å². The Morgan fingerprint density at radius 3 is 2.27 bits per heavy atom. The Hall–Kier alpha value is -2.23. The minimum absolute atomic E-state index is 0.0471. The van der Waals surface area contributed by atoms with Gasteiger partial charge in [0.2, 0.25) is 0 Å². The van der Waals surface area contributed by atoms with Crippen LogP contribution in [0.2, 0.25) is 0 Å². The second-order valence-corrected chi connectivity index (χ2v) is 5.19. The molecule has 0 saturated heterocycles. The quantitative estimate of drug-likeness (QED) is 0.938. The average molecular weight is 300 g/mol. The number of Topliss-reactive ketones (excluding diaryl/α,β-unsaturated/α-hetero) is 1. The van der Waals surface area contributed by atoms with Crippen molar-refractivity contribution in [1.29, 1.82) is 0 Å². The van der Waals surface area contributed by atoms with Gasteiger partial charge in [0.1, 0.15) is 5.69 Å². The maximum atomic E-state index is 12.2. The molecule has 2 rings (SSSR count). The third-order valence-corrected chi connectivity index (χ3v) is 3.22. The van der Waals surface area contributed by atoms with E-state index in [1.54, 1.807) is 6.07 Å². The highest BCUT2D eigenvalue weighted by Crippen LogP contribution is 2.12. The molecule has 118 valence electrons. The lowest BCUT2D eigenvalue weighted by Gasteiger charge is -2.19. The standard InChI is InChI=1S/C16H18N2O2.C2H6/c1-10(2)15(11(3)19)18-16(20)14-9-8-12-6-4-5-7-13(12)17-14;1-2/h4-10,15H,1-3H3,(H,18,20);1-2H3. The molecule has 4 nitrogen and oxygen atoms in total. The van der Waals surface area contributed by atoms with Gasteiger partial charge in [-0.15, -0.1) is 0 Å². The molecule has 0 fully saturated rings. The molecule has 0 bridgehead atoms. The first-order valence-electron chi connectivity index (χ1n) is 7.66. The van der Waals surface area contributed by atoms with Gasteiger partial charge in [-0.2, -0.15) is 0 Å². The number of ketones is 1. The summed E-state index contributed by atoms with van der Waals surface area (Å²) in [4.78, 5) is 28.0. The molecule has 1 aromatic carbocycles. The van der Waals surface area contributed by atoms with Crippen LogP contribution in [-0.4, -0.2) is 22.7 Å². The molecule has 0 aliphatic rings. The van der Waals surface area contributed by atoms with Crippen LogP contribution < -0.4 is 5.32 Å². The highest BCUT2D eigenvalue weighted by molar-refractivity contribution is 5.97. The van der Waals surface area contributed by atoms with Crippen LogP contribution in [0.3, 0.4) is 0 Å². The van der Waals surface area contributed by atoms with Gasteiger partial charge in [0, 0.05) is 5.39 Å². The maximum absolute atomic E-state index is 12.2. The molecule has 1 N–H and O–H groups in total. The first-order chi connectivity index (χ1) is 10.5. The number of para-hydroxylation sites is 1. The number of nitrogens with zero attached hydrogens (tertiary/aromatic N) is 1. The number of amides is 1. The predicted molar refractivity (Wildman–Crippen MR) is 89.9 cm³/mol. The fourth-order valence-electron chi connectivity index (χ4n) is 2.15. The zero-order valence-corrected chi connectivity index (χ0v) is 13.9. The summed E-state index contributed by atoms with van der Waals surface area (Å²) in [5.41, 5.74) is 1.10. The van der Waals surface area contributed by atoms with Gasteiger partial charge in [0.05, 0.1) is 11.6 Å². The molecule has 0 aliphatic heterocycles. The molecular weight excluding hydrogens is 276 g/mol. The van der Waals surface area contributed by atoms with E-state index in [2.05, 4.69) is 10.3 Å². The number of benzene rings is 1. The van der Waals surface area contributed by atoms with Gasteiger partial charge < -0.3 is 5.32 Å². The van der Waals surface area contributed by atoms with Crippen molar-refractivity contribution < 1.29 is 9.59 Å². The average Bonchev–Trinajstić information content (AvgIpc) is 2.53. The number of nitrogens with one attached hydrogen (secondary N) is 1. The van der Waals surface area contributed by atoms with Gasteiger partial charge in [-0.3, -0.25) is 9.59 Å². The summed E-state index contributed by atoms with van der Waals surface area (Å²) in [6, 6.07) is 10.7. The Balaban J connectivity index is 0.00000116. The van der Waals surface area contributed by atoms with Gasteiger partial charge in [0.15, 0.2) is 5.78 Å². The highest BCUT2D eigenvalue weighted by atomic mass is 16.2. The summed E-state index contributed by atoms with van der Waals surface area (Å²) in [6.07, 6.45) is 0. The van der Waals surface area contributed by atoms with Gasteiger partial charge in [-0.25, -0.2) is 4.98 Å². The molecule has 1 atom stereocenters. The molecule has 2 aromatic rings. The number of hydrogen-bond donors (Lipinski definition) is 1. The van der Waals surface area contributed by atoms with E-state index in [1.807, 2.05) is 58.0 Å². The Kier molecular flexibility index (Phi) is 6.70. The summed E-state index contributed by atoms with van der Waals surface area (Å²) >= 11 is 0. The third-order valence-electron chi connectivity index (χ3n) is 3.22. The summed E-state index contributed by atoms with van der Waals surface area (Å²) < 4.78 is 0. The molecule has 0 spiro atoms. The first kappa shape index (κ1) is 17.8. The molecule has 0 radical (unpaired) electrons. The SMILES string of the molecule is CC.CC(=O)C(NC(=O)c1ccc2ccccc2n1)C(C)C. The molecule has 1 aromatic heterocycles. The number of carbonyl (C=O) groups is 2. The lowest BCUT2D eigenvalue weighted by molar-refractivity contribution is -0.119.